The molecule has 1 aliphatic rings. The van der Waals surface area contributed by atoms with Crippen LogP contribution in [0.3, 0.4) is 0 Å². The first-order valence-corrected chi connectivity index (χ1v) is 4.49. The Morgan fingerprint density at radius 1 is 1.78 bits per heavy atom. The predicted molar refractivity (Wildman–Crippen MR) is 40.5 cm³/mol. The molecule has 2 heteroatoms. The molecule has 1 saturated heterocycles. The van der Waals surface area contributed by atoms with Crippen molar-refractivity contribution < 1.29 is 4.79 Å². The maximum absolute atomic E-state index is 11.0. The van der Waals surface area contributed by atoms with E-state index in [4.69, 9.17) is 0 Å². The predicted octanol–water partition coefficient (Wildman–Crippen LogP) is 2.07. The average molecular weight is 144 g/mol. The Balaban J connectivity index is 2.39. The zero-order valence-electron chi connectivity index (χ0n) is 5.72. The van der Waals surface area contributed by atoms with Crippen LogP contribution in [-0.4, -0.2) is 10.9 Å². The van der Waals surface area contributed by atoms with E-state index in [0.717, 1.165) is 18.6 Å². The minimum absolute atomic E-state index is 0.378. The highest BCUT2D eigenvalue weighted by atomic mass is 32.2. The molecule has 9 heavy (non-hydrogen) atoms. The van der Waals surface area contributed by atoms with Crippen LogP contribution >= 0.6 is 11.8 Å². The third-order valence-corrected chi connectivity index (χ3v) is 2.88. The highest BCUT2D eigenvalue weighted by molar-refractivity contribution is 8.13. The average Bonchev–Trinajstić information content (AvgIpc) is 1.89. The summed E-state index contributed by atoms with van der Waals surface area (Å²) in [6.07, 6.45) is 3.39. The van der Waals surface area contributed by atoms with Crippen LogP contribution in [0.5, 0.6) is 0 Å². The smallest absolute Gasteiger partial charge is 0.192 e. The second-order valence-electron chi connectivity index (χ2n) is 2.41. The van der Waals surface area contributed by atoms with E-state index in [1.165, 1.54) is 18.2 Å². The molecule has 1 fully saturated rings. The fourth-order valence-electron chi connectivity index (χ4n) is 1.11. The number of rotatable bonds is 1. The molecule has 0 aromatic rings. The summed E-state index contributed by atoms with van der Waals surface area (Å²) in [5.74, 6) is 1.43. The van der Waals surface area contributed by atoms with E-state index in [9.17, 15) is 4.79 Å². The molecule has 1 heterocycles. The molecule has 0 N–H and O–H groups in total. The van der Waals surface area contributed by atoms with E-state index < -0.39 is 0 Å². The lowest BCUT2D eigenvalue weighted by atomic mass is 10.0. The van der Waals surface area contributed by atoms with Gasteiger partial charge >= 0.3 is 0 Å². The molecule has 52 valence electrons. The van der Waals surface area contributed by atoms with Gasteiger partial charge < -0.3 is 0 Å². The lowest BCUT2D eigenvalue weighted by molar-refractivity contribution is -0.114. The Morgan fingerprint density at radius 2 is 2.56 bits per heavy atom. The van der Waals surface area contributed by atoms with Crippen molar-refractivity contribution in [3.05, 3.63) is 0 Å². The van der Waals surface area contributed by atoms with E-state index in [1.54, 1.807) is 0 Å². The molecule has 0 amide bonds. The quantitative estimate of drug-likeness (QED) is 0.560. The minimum atomic E-state index is 0.378. The van der Waals surface area contributed by atoms with E-state index in [2.05, 4.69) is 6.92 Å². The van der Waals surface area contributed by atoms with Crippen molar-refractivity contribution in [1.29, 1.82) is 0 Å². The van der Waals surface area contributed by atoms with Crippen LogP contribution in [0.1, 0.15) is 26.2 Å². The number of hydrogen-bond donors (Lipinski definition) is 0. The summed E-state index contributed by atoms with van der Waals surface area (Å²) in [6, 6.07) is 0. The lowest BCUT2D eigenvalue weighted by Gasteiger charge is -2.17. The molecule has 1 unspecified atom stereocenters. The van der Waals surface area contributed by atoms with Gasteiger partial charge in [-0.05, 0) is 19.3 Å². The van der Waals surface area contributed by atoms with Gasteiger partial charge in [0.15, 0.2) is 5.12 Å². The van der Waals surface area contributed by atoms with Gasteiger partial charge in [-0.1, -0.05) is 18.7 Å². The lowest BCUT2D eigenvalue weighted by Crippen LogP contribution is -2.15. The zero-order chi connectivity index (χ0) is 6.69. The van der Waals surface area contributed by atoms with Gasteiger partial charge in [0.1, 0.15) is 0 Å². The number of thioether (sulfide) groups is 1. The first-order chi connectivity index (χ1) is 4.34. The maximum atomic E-state index is 11.0. The summed E-state index contributed by atoms with van der Waals surface area (Å²) in [6.45, 7) is 2.09. The second-order valence-corrected chi connectivity index (χ2v) is 3.51. The van der Waals surface area contributed by atoms with Crippen LogP contribution in [-0.2, 0) is 4.79 Å². The van der Waals surface area contributed by atoms with Crippen molar-refractivity contribution >= 4 is 16.9 Å². The molecule has 0 radical (unpaired) electrons. The summed E-state index contributed by atoms with van der Waals surface area (Å²) in [5.41, 5.74) is 0. The van der Waals surface area contributed by atoms with Gasteiger partial charge in [0.2, 0.25) is 0 Å². The molecule has 0 aliphatic carbocycles. The van der Waals surface area contributed by atoms with Gasteiger partial charge in [-0.25, -0.2) is 0 Å². The summed E-state index contributed by atoms with van der Waals surface area (Å²) in [4.78, 5) is 11.0. The third kappa shape index (κ3) is 1.71. The van der Waals surface area contributed by atoms with Crippen LogP contribution in [0.2, 0.25) is 0 Å². The summed E-state index contributed by atoms with van der Waals surface area (Å²) >= 11 is 1.51. The highest BCUT2D eigenvalue weighted by Gasteiger charge is 2.20. The molecular formula is C7H12OS. The SMILES string of the molecule is CCC1CCCSC1=O. The molecule has 1 aliphatic heterocycles. The van der Waals surface area contributed by atoms with Crippen molar-refractivity contribution in [3.8, 4) is 0 Å². The molecular weight excluding hydrogens is 132 g/mol. The van der Waals surface area contributed by atoms with Gasteiger partial charge in [-0.15, -0.1) is 0 Å². The van der Waals surface area contributed by atoms with Gasteiger partial charge in [0.05, 0.1) is 0 Å². The first kappa shape index (κ1) is 7.13. The summed E-state index contributed by atoms with van der Waals surface area (Å²) in [5, 5.41) is 0.420. The topological polar surface area (TPSA) is 17.1 Å². The van der Waals surface area contributed by atoms with E-state index in [-0.39, 0.29) is 0 Å². The molecule has 1 rings (SSSR count). The Hall–Kier alpha value is 0.0200. The molecule has 1 atom stereocenters. The standard InChI is InChI=1S/C7H12OS/c1-2-6-4-3-5-9-7(6)8/h6H,2-5H2,1H3. The normalized spacial score (nSPS) is 28.6. The fourth-order valence-corrected chi connectivity index (χ4v) is 2.14. The maximum Gasteiger partial charge on any atom is 0.192 e. The Kier molecular flexibility index (Phi) is 2.58. The monoisotopic (exact) mass is 144 g/mol. The number of hydrogen-bond acceptors (Lipinski definition) is 2. The van der Waals surface area contributed by atoms with Crippen molar-refractivity contribution in [2.75, 3.05) is 5.75 Å². The second kappa shape index (κ2) is 3.25. The number of carbonyl (C=O) groups is 1. The van der Waals surface area contributed by atoms with Gasteiger partial charge in [0, 0.05) is 11.7 Å². The van der Waals surface area contributed by atoms with Crippen molar-refractivity contribution in [1.82, 2.24) is 0 Å². The largest absolute Gasteiger partial charge is 0.287 e. The summed E-state index contributed by atoms with van der Waals surface area (Å²) < 4.78 is 0. The van der Waals surface area contributed by atoms with Crippen molar-refractivity contribution in [2.45, 2.75) is 26.2 Å². The van der Waals surface area contributed by atoms with Crippen LogP contribution < -0.4 is 0 Å². The van der Waals surface area contributed by atoms with Crippen LogP contribution in [0.25, 0.3) is 0 Å². The van der Waals surface area contributed by atoms with Crippen molar-refractivity contribution in [3.63, 3.8) is 0 Å². The van der Waals surface area contributed by atoms with E-state index >= 15 is 0 Å². The van der Waals surface area contributed by atoms with E-state index in [1.807, 2.05) is 0 Å². The Morgan fingerprint density at radius 3 is 3.00 bits per heavy atom. The first-order valence-electron chi connectivity index (χ1n) is 3.51. The van der Waals surface area contributed by atoms with Gasteiger partial charge in [-0.3, -0.25) is 4.79 Å². The minimum Gasteiger partial charge on any atom is -0.287 e. The molecule has 1 nitrogen and oxygen atoms in total. The molecule has 0 saturated carbocycles. The van der Waals surface area contributed by atoms with E-state index in [0.29, 0.717) is 11.0 Å². The number of carbonyl (C=O) groups excluding carboxylic acids is 1. The molecule has 0 bridgehead atoms. The van der Waals surface area contributed by atoms with Gasteiger partial charge in [0.25, 0.3) is 0 Å². The van der Waals surface area contributed by atoms with Crippen LogP contribution in [0.15, 0.2) is 0 Å². The fraction of sp³-hybridized carbons (Fsp3) is 0.857. The van der Waals surface area contributed by atoms with Crippen LogP contribution in [0, 0.1) is 5.92 Å². The summed E-state index contributed by atoms with van der Waals surface area (Å²) in [7, 11) is 0. The molecule has 0 spiro atoms. The Bertz CT molecular complexity index is 111. The van der Waals surface area contributed by atoms with Crippen molar-refractivity contribution in [2.24, 2.45) is 5.92 Å². The zero-order valence-corrected chi connectivity index (χ0v) is 6.54. The molecule has 0 aromatic carbocycles. The third-order valence-electron chi connectivity index (χ3n) is 1.77. The highest BCUT2D eigenvalue weighted by Crippen LogP contribution is 2.26. The molecule has 0 aromatic heterocycles. The Labute approximate surface area is 60.2 Å². The van der Waals surface area contributed by atoms with Gasteiger partial charge in [-0.2, -0.15) is 0 Å². The van der Waals surface area contributed by atoms with Crippen LogP contribution in [0.4, 0.5) is 0 Å².